The first-order valence-corrected chi connectivity index (χ1v) is 18.7. The molecule has 258 valence electrons. The molecule has 6 aromatic carbocycles. The minimum absolute atomic E-state index is 0.0307. The molecule has 53 heavy (non-hydrogen) atoms. The van der Waals surface area contributed by atoms with E-state index in [1.807, 2.05) is 12.3 Å². The lowest BCUT2D eigenvalue weighted by atomic mass is 9.68. The van der Waals surface area contributed by atoms with E-state index < -0.39 is 5.41 Å². The maximum atomic E-state index is 4.86. The van der Waals surface area contributed by atoms with Crippen molar-refractivity contribution in [3.63, 3.8) is 0 Å². The summed E-state index contributed by atoms with van der Waals surface area (Å²) >= 11 is 0. The van der Waals surface area contributed by atoms with E-state index in [1.54, 1.807) is 0 Å². The Morgan fingerprint density at radius 3 is 2.02 bits per heavy atom. The highest BCUT2D eigenvalue weighted by Gasteiger charge is 2.45. The standard InChI is InChI=1S/C49H42N4/c1-48(2,3)35-27-33(28-36(29-35)52-32-51(4)44-21-11-12-22-45(44)52)31-49(41-18-8-5-15-37(41)38-16-6-9-19-42(38)49)34-24-25-40-39-17-7-10-20-43(39)53(46(40)30-34)47-23-13-14-26-50-47/h5-30H,31-32H2,1-4H3. The number of aromatic nitrogens is 2. The van der Waals surface area contributed by atoms with E-state index in [0.717, 1.165) is 24.4 Å². The lowest BCUT2D eigenvalue weighted by molar-refractivity contribution is 0.585. The fraction of sp³-hybridized carbons (Fsp3) is 0.163. The van der Waals surface area contributed by atoms with Gasteiger partial charge in [0.05, 0.1) is 34.5 Å². The molecular formula is C49H42N4. The van der Waals surface area contributed by atoms with Crippen LogP contribution in [0.15, 0.2) is 158 Å². The molecule has 0 amide bonds. The summed E-state index contributed by atoms with van der Waals surface area (Å²) in [6.07, 6.45) is 2.71. The van der Waals surface area contributed by atoms with Gasteiger partial charge in [0, 0.05) is 29.7 Å². The highest BCUT2D eigenvalue weighted by molar-refractivity contribution is 6.09. The van der Waals surface area contributed by atoms with Crippen LogP contribution in [0.1, 0.15) is 48.6 Å². The van der Waals surface area contributed by atoms with Crippen molar-refractivity contribution < 1.29 is 0 Å². The maximum Gasteiger partial charge on any atom is 0.137 e. The zero-order valence-corrected chi connectivity index (χ0v) is 30.7. The Morgan fingerprint density at radius 1 is 0.623 bits per heavy atom. The number of para-hydroxylation sites is 3. The van der Waals surface area contributed by atoms with Gasteiger partial charge in [0.1, 0.15) is 5.82 Å². The van der Waals surface area contributed by atoms with Gasteiger partial charge >= 0.3 is 0 Å². The molecule has 0 radical (unpaired) electrons. The number of fused-ring (bicyclic) bond motifs is 7. The molecule has 0 N–H and O–H groups in total. The van der Waals surface area contributed by atoms with Crippen molar-refractivity contribution in [1.29, 1.82) is 0 Å². The Hall–Kier alpha value is -6.13. The zero-order chi connectivity index (χ0) is 35.9. The molecule has 1 aliphatic heterocycles. The second kappa shape index (κ2) is 11.7. The monoisotopic (exact) mass is 686 g/mol. The summed E-state index contributed by atoms with van der Waals surface area (Å²) < 4.78 is 2.34. The Morgan fingerprint density at radius 2 is 1.28 bits per heavy atom. The van der Waals surface area contributed by atoms with Crippen LogP contribution in [-0.4, -0.2) is 23.3 Å². The molecule has 2 aliphatic rings. The lowest BCUT2D eigenvalue weighted by Crippen LogP contribution is -2.30. The molecule has 1 aliphatic carbocycles. The minimum atomic E-state index is -0.430. The molecule has 3 heterocycles. The SMILES string of the molecule is CN1CN(c2cc(CC3(c4ccc5c6ccccc6n(-c6ccccn6)c5c4)c4ccccc4-c4ccccc43)cc(C(C)(C)C)c2)c2ccccc21. The molecule has 4 nitrogen and oxygen atoms in total. The summed E-state index contributed by atoms with van der Waals surface area (Å²) in [7, 11) is 2.19. The van der Waals surface area contributed by atoms with Crippen LogP contribution < -0.4 is 9.80 Å². The smallest absolute Gasteiger partial charge is 0.137 e. The van der Waals surface area contributed by atoms with E-state index in [1.165, 1.54) is 72.3 Å². The Bertz CT molecular complexity index is 2650. The summed E-state index contributed by atoms with van der Waals surface area (Å²) in [6, 6.07) is 56.4. The molecule has 0 spiro atoms. The Balaban J connectivity index is 1.24. The van der Waals surface area contributed by atoms with Crippen molar-refractivity contribution in [3.8, 4) is 16.9 Å². The van der Waals surface area contributed by atoms with E-state index in [4.69, 9.17) is 4.98 Å². The molecular weight excluding hydrogens is 645 g/mol. The molecule has 8 aromatic rings. The average molecular weight is 687 g/mol. The second-order valence-corrected chi connectivity index (χ2v) is 15.8. The van der Waals surface area contributed by atoms with Gasteiger partial charge in [0.15, 0.2) is 0 Å². The van der Waals surface area contributed by atoms with Gasteiger partial charge in [0.2, 0.25) is 0 Å². The molecule has 0 fully saturated rings. The van der Waals surface area contributed by atoms with Crippen molar-refractivity contribution in [3.05, 3.63) is 186 Å². The van der Waals surface area contributed by atoms with Gasteiger partial charge in [-0.3, -0.25) is 4.57 Å². The number of nitrogens with zero attached hydrogens (tertiary/aromatic N) is 4. The predicted octanol–water partition coefficient (Wildman–Crippen LogP) is 11.6. The first-order chi connectivity index (χ1) is 25.8. The molecule has 10 rings (SSSR count). The molecule has 0 bridgehead atoms. The van der Waals surface area contributed by atoms with Crippen molar-refractivity contribution in [2.75, 3.05) is 23.5 Å². The summed E-state index contributed by atoms with van der Waals surface area (Å²) in [6.45, 7) is 7.82. The van der Waals surface area contributed by atoms with Crippen LogP contribution in [-0.2, 0) is 17.3 Å². The van der Waals surface area contributed by atoms with Crippen molar-refractivity contribution in [1.82, 2.24) is 9.55 Å². The first-order valence-electron chi connectivity index (χ1n) is 18.7. The van der Waals surface area contributed by atoms with Gasteiger partial charge in [0.25, 0.3) is 0 Å². The topological polar surface area (TPSA) is 24.3 Å². The molecule has 0 saturated carbocycles. The zero-order valence-electron chi connectivity index (χ0n) is 30.7. The number of anilines is 3. The van der Waals surface area contributed by atoms with Crippen LogP contribution in [0.5, 0.6) is 0 Å². The molecule has 0 unspecified atom stereocenters. The molecule has 4 heteroatoms. The van der Waals surface area contributed by atoms with E-state index in [-0.39, 0.29) is 5.41 Å². The van der Waals surface area contributed by atoms with Gasteiger partial charge in [-0.15, -0.1) is 0 Å². The van der Waals surface area contributed by atoms with Gasteiger partial charge < -0.3 is 9.80 Å². The number of benzene rings is 6. The van der Waals surface area contributed by atoms with Crippen LogP contribution in [0.3, 0.4) is 0 Å². The Kier molecular flexibility index (Phi) is 6.97. The highest BCUT2D eigenvalue weighted by Crippen LogP contribution is 2.55. The number of rotatable bonds is 5. The largest absolute Gasteiger partial charge is 0.355 e. The third-order valence-corrected chi connectivity index (χ3v) is 11.7. The average Bonchev–Trinajstić information content (AvgIpc) is 3.81. The van der Waals surface area contributed by atoms with E-state index in [2.05, 4.69) is 188 Å². The minimum Gasteiger partial charge on any atom is -0.355 e. The van der Waals surface area contributed by atoms with E-state index in [9.17, 15) is 0 Å². The van der Waals surface area contributed by atoms with Gasteiger partial charge in [-0.2, -0.15) is 0 Å². The van der Waals surface area contributed by atoms with Crippen molar-refractivity contribution in [2.45, 2.75) is 38.0 Å². The first kappa shape index (κ1) is 31.6. The maximum absolute atomic E-state index is 4.86. The number of hydrogen-bond donors (Lipinski definition) is 0. The van der Waals surface area contributed by atoms with Crippen LogP contribution in [0, 0.1) is 0 Å². The summed E-state index contributed by atoms with van der Waals surface area (Å²) in [4.78, 5) is 9.69. The van der Waals surface area contributed by atoms with Gasteiger partial charge in [-0.25, -0.2) is 4.98 Å². The van der Waals surface area contributed by atoms with Crippen LogP contribution in [0.4, 0.5) is 17.1 Å². The van der Waals surface area contributed by atoms with Crippen LogP contribution in [0.2, 0.25) is 0 Å². The van der Waals surface area contributed by atoms with E-state index >= 15 is 0 Å². The quantitative estimate of drug-likeness (QED) is 0.180. The molecule has 0 atom stereocenters. The lowest BCUT2D eigenvalue weighted by Gasteiger charge is -2.34. The summed E-state index contributed by atoms with van der Waals surface area (Å²) in [5.74, 6) is 0.926. The fourth-order valence-electron chi connectivity index (χ4n) is 9.17. The Labute approximate surface area is 311 Å². The number of pyridine rings is 1. The van der Waals surface area contributed by atoms with Gasteiger partial charge in [-0.05, 0) is 99.3 Å². The third kappa shape index (κ3) is 4.78. The van der Waals surface area contributed by atoms with Crippen LogP contribution >= 0.6 is 0 Å². The van der Waals surface area contributed by atoms with Gasteiger partial charge in [-0.1, -0.05) is 124 Å². The second-order valence-electron chi connectivity index (χ2n) is 15.8. The van der Waals surface area contributed by atoms with Crippen molar-refractivity contribution >= 4 is 38.9 Å². The molecule has 0 saturated heterocycles. The number of hydrogen-bond acceptors (Lipinski definition) is 3. The summed E-state index contributed by atoms with van der Waals surface area (Å²) in [5, 5.41) is 2.47. The third-order valence-electron chi connectivity index (χ3n) is 11.7. The van der Waals surface area contributed by atoms with Crippen LogP contribution in [0.25, 0.3) is 38.8 Å². The van der Waals surface area contributed by atoms with Crippen molar-refractivity contribution in [2.24, 2.45) is 0 Å². The highest BCUT2D eigenvalue weighted by atomic mass is 15.4. The van der Waals surface area contributed by atoms with E-state index in [0.29, 0.717) is 0 Å². The predicted molar refractivity (Wildman–Crippen MR) is 221 cm³/mol. The normalized spacial score (nSPS) is 14.5. The molecule has 2 aromatic heterocycles. The fourth-order valence-corrected chi connectivity index (χ4v) is 9.17. The summed E-state index contributed by atoms with van der Waals surface area (Å²) in [5.41, 5.74) is 14.9.